The molecule has 25 heavy (non-hydrogen) atoms. The summed E-state index contributed by atoms with van der Waals surface area (Å²) in [5.41, 5.74) is 1.85. The number of ether oxygens (including phenoxy) is 1. The van der Waals surface area contributed by atoms with Crippen molar-refractivity contribution >= 4 is 16.8 Å². The summed E-state index contributed by atoms with van der Waals surface area (Å²) in [4.78, 5) is 14.6. The number of carbonyl (C=O) groups is 1. The number of carbonyl (C=O) groups excluding carboxylic acids is 1. The molecule has 0 radical (unpaired) electrons. The number of aromatic nitrogens is 1. The van der Waals surface area contributed by atoms with Crippen molar-refractivity contribution in [3.8, 4) is 5.75 Å². The minimum atomic E-state index is 0.0128. The predicted molar refractivity (Wildman–Crippen MR) is 99.2 cm³/mol. The van der Waals surface area contributed by atoms with Gasteiger partial charge in [-0.1, -0.05) is 0 Å². The number of hydrogen-bond donors (Lipinski definition) is 1. The first-order valence-corrected chi connectivity index (χ1v) is 9.43. The van der Waals surface area contributed by atoms with Gasteiger partial charge in [-0.2, -0.15) is 0 Å². The second-order valence-electron chi connectivity index (χ2n) is 7.37. The van der Waals surface area contributed by atoms with E-state index in [0.29, 0.717) is 18.6 Å². The van der Waals surface area contributed by atoms with Crippen LogP contribution in [-0.4, -0.2) is 47.2 Å². The standard InChI is InChI=1S/C20H27N3O2/c1-14-4-5-15(2)22(14)9-3-11-25-17-6-7-18-16(12-17)13-19-20(24)21-8-10-23(18)19/h6-7,12-15H,3-5,8-11H2,1-2H3,(H,21,24)/t14-,15-/m0/s1. The minimum absolute atomic E-state index is 0.0128. The van der Waals surface area contributed by atoms with E-state index in [1.807, 2.05) is 12.1 Å². The van der Waals surface area contributed by atoms with Gasteiger partial charge in [0.05, 0.1) is 6.61 Å². The first-order valence-electron chi connectivity index (χ1n) is 9.43. The Morgan fingerprint density at radius 2 is 2.00 bits per heavy atom. The molecule has 0 aliphatic carbocycles. The highest BCUT2D eigenvalue weighted by Gasteiger charge is 2.26. The van der Waals surface area contributed by atoms with Crippen LogP contribution in [0.3, 0.4) is 0 Å². The third-order valence-corrected chi connectivity index (χ3v) is 5.69. The van der Waals surface area contributed by atoms with Crippen LogP contribution < -0.4 is 10.1 Å². The van der Waals surface area contributed by atoms with Gasteiger partial charge in [0.2, 0.25) is 0 Å². The van der Waals surface area contributed by atoms with Crippen LogP contribution in [0.25, 0.3) is 10.9 Å². The first-order chi connectivity index (χ1) is 12.1. The van der Waals surface area contributed by atoms with E-state index < -0.39 is 0 Å². The molecular formula is C20H27N3O2. The van der Waals surface area contributed by atoms with Crippen LogP contribution in [0.4, 0.5) is 0 Å². The molecule has 5 nitrogen and oxygen atoms in total. The summed E-state index contributed by atoms with van der Waals surface area (Å²) >= 11 is 0. The lowest BCUT2D eigenvalue weighted by atomic mass is 10.2. The molecule has 2 aliphatic heterocycles. The number of benzene rings is 1. The zero-order valence-corrected chi connectivity index (χ0v) is 15.1. The van der Waals surface area contributed by atoms with E-state index in [4.69, 9.17) is 4.74 Å². The Hall–Kier alpha value is -2.01. The molecule has 2 aliphatic rings. The van der Waals surface area contributed by atoms with E-state index in [0.717, 1.165) is 48.5 Å². The van der Waals surface area contributed by atoms with Crippen molar-refractivity contribution in [2.75, 3.05) is 19.7 Å². The zero-order chi connectivity index (χ0) is 17.4. The number of nitrogens with one attached hydrogen (secondary N) is 1. The third kappa shape index (κ3) is 3.13. The maximum atomic E-state index is 12.0. The van der Waals surface area contributed by atoms with Crippen LogP contribution >= 0.6 is 0 Å². The molecule has 4 rings (SSSR count). The van der Waals surface area contributed by atoms with Gasteiger partial charge >= 0.3 is 0 Å². The van der Waals surface area contributed by atoms with Gasteiger partial charge in [0.15, 0.2) is 0 Å². The van der Waals surface area contributed by atoms with E-state index in [9.17, 15) is 4.79 Å². The van der Waals surface area contributed by atoms with Crippen molar-refractivity contribution in [1.29, 1.82) is 0 Å². The van der Waals surface area contributed by atoms with Crippen molar-refractivity contribution < 1.29 is 9.53 Å². The number of likely N-dealkylation sites (tertiary alicyclic amines) is 1. The van der Waals surface area contributed by atoms with Gasteiger partial charge in [-0.3, -0.25) is 9.69 Å². The molecule has 1 amide bonds. The second kappa shape index (κ2) is 6.71. The molecule has 1 aromatic carbocycles. The highest BCUT2D eigenvalue weighted by Crippen LogP contribution is 2.26. The lowest BCUT2D eigenvalue weighted by molar-refractivity contribution is 0.0929. The summed E-state index contributed by atoms with van der Waals surface area (Å²) in [7, 11) is 0. The van der Waals surface area contributed by atoms with E-state index in [1.54, 1.807) is 0 Å². The fourth-order valence-corrected chi connectivity index (χ4v) is 4.27. The third-order valence-electron chi connectivity index (χ3n) is 5.69. The molecule has 1 aromatic heterocycles. The van der Waals surface area contributed by atoms with Crippen LogP contribution in [-0.2, 0) is 6.54 Å². The summed E-state index contributed by atoms with van der Waals surface area (Å²) < 4.78 is 8.06. The van der Waals surface area contributed by atoms with Gasteiger partial charge in [0, 0.05) is 42.6 Å². The number of rotatable bonds is 5. The highest BCUT2D eigenvalue weighted by molar-refractivity contribution is 5.99. The summed E-state index contributed by atoms with van der Waals surface area (Å²) in [6, 6.07) is 9.50. The van der Waals surface area contributed by atoms with Gasteiger partial charge in [-0.15, -0.1) is 0 Å². The predicted octanol–water partition coefficient (Wildman–Crippen LogP) is 3.03. The van der Waals surface area contributed by atoms with E-state index in [1.165, 1.54) is 12.8 Å². The molecule has 5 heteroatoms. The number of fused-ring (bicyclic) bond motifs is 3. The van der Waals surface area contributed by atoms with Gasteiger partial charge in [0.25, 0.3) is 5.91 Å². The Kier molecular flexibility index (Phi) is 4.42. The normalized spacial score (nSPS) is 23.7. The van der Waals surface area contributed by atoms with E-state index in [-0.39, 0.29) is 5.91 Å². The molecule has 2 atom stereocenters. The van der Waals surface area contributed by atoms with Crippen LogP contribution in [0.15, 0.2) is 24.3 Å². The summed E-state index contributed by atoms with van der Waals surface area (Å²) in [6.45, 7) is 8.01. The monoisotopic (exact) mass is 341 g/mol. The van der Waals surface area contributed by atoms with E-state index in [2.05, 4.69) is 40.8 Å². The SMILES string of the molecule is C[C@H]1CC[C@H](C)N1CCCOc1ccc2c(c1)cc1n2CCNC1=O. The van der Waals surface area contributed by atoms with Crippen LogP contribution in [0, 0.1) is 0 Å². The fourth-order valence-electron chi connectivity index (χ4n) is 4.27. The van der Waals surface area contributed by atoms with Crippen molar-refractivity contribution in [1.82, 2.24) is 14.8 Å². The number of amides is 1. The Labute approximate surface area is 148 Å². The van der Waals surface area contributed by atoms with Gasteiger partial charge in [-0.05, 0) is 57.4 Å². The minimum Gasteiger partial charge on any atom is -0.494 e. The Balaban J connectivity index is 1.38. The molecule has 3 heterocycles. The Bertz CT molecular complexity index is 773. The summed E-state index contributed by atoms with van der Waals surface area (Å²) in [5.74, 6) is 0.900. The molecule has 134 valence electrons. The maximum Gasteiger partial charge on any atom is 0.268 e. The smallest absolute Gasteiger partial charge is 0.268 e. The molecule has 1 N–H and O–H groups in total. The molecule has 1 fully saturated rings. The van der Waals surface area contributed by atoms with Gasteiger partial charge < -0.3 is 14.6 Å². The van der Waals surface area contributed by atoms with E-state index >= 15 is 0 Å². The van der Waals surface area contributed by atoms with Crippen molar-refractivity contribution in [3.63, 3.8) is 0 Å². The van der Waals surface area contributed by atoms with Gasteiger partial charge in [0.1, 0.15) is 11.4 Å². The molecule has 0 saturated carbocycles. The highest BCUT2D eigenvalue weighted by atomic mass is 16.5. The average molecular weight is 341 g/mol. The molecule has 1 saturated heterocycles. The fraction of sp³-hybridized carbons (Fsp3) is 0.550. The molecule has 2 aromatic rings. The van der Waals surface area contributed by atoms with Crippen molar-refractivity contribution in [2.45, 2.75) is 51.7 Å². The Morgan fingerprint density at radius 1 is 1.20 bits per heavy atom. The van der Waals surface area contributed by atoms with Crippen LogP contribution in [0.1, 0.15) is 43.6 Å². The summed E-state index contributed by atoms with van der Waals surface area (Å²) in [6.07, 6.45) is 3.67. The van der Waals surface area contributed by atoms with Crippen molar-refractivity contribution in [3.05, 3.63) is 30.0 Å². The summed E-state index contributed by atoms with van der Waals surface area (Å²) in [5, 5.41) is 3.97. The Morgan fingerprint density at radius 3 is 2.80 bits per heavy atom. The second-order valence-corrected chi connectivity index (χ2v) is 7.37. The average Bonchev–Trinajstić information content (AvgIpc) is 3.13. The zero-order valence-electron chi connectivity index (χ0n) is 15.1. The quantitative estimate of drug-likeness (QED) is 0.851. The van der Waals surface area contributed by atoms with Crippen LogP contribution in [0.2, 0.25) is 0 Å². The lowest BCUT2D eigenvalue weighted by Crippen LogP contribution is -2.34. The topological polar surface area (TPSA) is 46.5 Å². The van der Waals surface area contributed by atoms with Gasteiger partial charge in [-0.25, -0.2) is 0 Å². The van der Waals surface area contributed by atoms with Crippen LogP contribution in [0.5, 0.6) is 5.75 Å². The maximum absolute atomic E-state index is 12.0. The molecule has 0 spiro atoms. The van der Waals surface area contributed by atoms with Crippen molar-refractivity contribution in [2.24, 2.45) is 0 Å². The first kappa shape index (κ1) is 16.5. The largest absolute Gasteiger partial charge is 0.494 e. The molecule has 0 bridgehead atoms. The molecule has 0 unspecified atom stereocenters. The number of hydrogen-bond acceptors (Lipinski definition) is 3. The number of nitrogens with zero attached hydrogens (tertiary/aromatic N) is 2. The molecular weight excluding hydrogens is 314 g/mol. The lowest BCUT2D eigenvalue weighted by Gasteiger charge is -2.25.